The Morgan fingerprint density at radius 2 is 1.38 bits per heavy atom. The predicted octanol–water partition coefficient (Wildman–Crippen LogP) is 2.90. The van der Waals surface area contributed by atoms with E-state index in [9.17, 15) is 4.39 Å². The van der Waals surface area contributed by atoms with E-state index >= 15 is 0 Å². The largest absolute Gasteiger partial charge is 0.493 e. The number of benzene rings is 2. The number of ether oxygens (including phenoxy) is 3. The van der Waals surface area contributed by atoms with Gasteiger partial charge in [0.2, 0.25) is 5.75 Å². The van der Waals surface area contributed by atoms with Gasteiger partial charge in [-0.2, -0.15) is 0 Å². The molecule has 0 saturated carbocycles. The Bertz CT molecular complexity index is 588. The molecule has 0 bridgehead atoms. The highest BCUT2D eigenvalue weighted by Gasteiger charge is 2.17. The van der Waals surface area contributed by atoms with Crippen LogP contribution in [0.5, 0.6) is 17.2 Å². The highest BCUT2D eigenvalue weighted by molar-refractivity contribution is 5.55. The summed E-state index contributed by atoms with van der Waals surface area (Å²) in [5, 5.41) is 0. The second-order valence-electron chi connectivity index (χ2n) is 4.49. The Hall–Kier alpha value is -2.27. The molecule has 1 atom stereocenters. The van der Waals surface area contributed by atoms with Crippen LogP contribution in [0, 0.1) is 5.82 Å². The van der Waals surface area contributed by atoms with Crippen molar-refractivity contribution in [2.24, 2.45) is 5.73 Å². The van der Waals surface area contributed by atoms with Crippen LogP contribution in [0.3, 0.4) is 0 Å². The molecule has 0 aromatic heterocycles. The van der Waals surface area contributed by atoms with Crippen molar-refractivity contribution in [2.75, 3.05) is 21.3 Å². The summed E-state index contributed by atoms with van der Waals surface area (Å²) in [7, 11) is 4.63. The molecule has 2 aromatic rings. The maximum absolute atomic E-state index is 13.0. The van der Waals surface area contributed by atoms with E-state index in [-0.39, 0.29) is 5.82 Å². The highest BCUT2D eigenvalue weighted by atomic mass is 19.1. The van der Waals surface area contributed by atoms with Crippen LogP contribution in [-0.2, 0) is 0 Å². The second-order valence-corrected chi connectivity index (χ2v) is 4.49. The summed E-state index contributed by atoms with van der Waals surface area (Å²) in [5.41, 5.74) is 7.82. The van der Waals surface area contributed by atoms with Gasteiger partial charge in [0.25, 0.3) is 0 Å². The van der Waals surface area contributed by atoms with E-state index in [1.165, 1.54) is 12.1 Å². The normalized spacial score (nSPS) is 11.9. The van der Waals surface area contributed by atoms with E-state index in [0.29, 0.717) is 17.2 Å². The molecule has 0 spiro atoms. The van der Waals surface area contributed by atoms with Crippen molar-refractivity contribution in [3.05, 3.63) is 53.3 Å². The molecular weight excluding hydrogens is 273 g/mol. The topological polar surface area (TPSA) is 53.7 Å². The quantitative estimate of drug-likeness (QED) is 0.920. The van der Waals surface area contributed by atoms with Gasteiger partial charge in [0.05, 0.1) is 27.4 Å². The van der Waals surface area contributed by atoms with E-state index in [1.807, 2.05) is 0 Å². The Morgan fingerprint density at radius 1 is 0.857 bits per heavy atom. The summed E-state index contributed by atoms with van der Waals surface area (Å²) in [6.45, 7) is 0. The molecule has 0 saturated heterocycles. The zero-order valence-electron chi connectivity index (χ0n) is 12.2. The van der Waals surface area contributed by atoms with Crippen LogP contribution in [0.4, 0.5) is 4.39 Å². The van der Waals surface area contributed by atoms with Gasteiger partial charge in [0, 0.05) is 0 Å². The molecular formula is C16H18FNO3. The number of methoxy groups -OCH3 is 3. The predicted molar refractivity (Wildman–Crippen MR) is 78.5 cm³/mol. The van der Waals surface area contributed by atoms with Gasteiger partial charge in [-0.05, 0) is 35.4 Å². The first-order valence-corrected chi connectivity index (χ1v) is 6.41. The Kier molecular flexibility index (Phi) is 4.65. The summed E-state index contributed by atoms with van der Waals surface area (Å²) in [6, 6.07) is 9.23. The molecule has 0 heterocycles. The molecule has 1 unspecified atom stereocenters. The zero-order chi connectivity index (χ0) is 15.4. The van der Waals surface area contributed by atoms with E-state index in [1.54, 1.807) is 45.6 Å². The third-order valence-corrected chi connectivity index (χ3v) is 3.28. The first kappa shape index (κ1) is 15.1. The van der Waals surface area contributed by atoms with Crippen molar-refractivity contribution < 1.29 is 18.6 Å². The molecule has 0 aliphatic carbocycles. The minimum Gasteiger partial charge on any atom is -0.493 e. The summed E-state index contributed by atoms with van der Waals surface area (Å²) in [5.74, 6) is 1.28. The lowest BCUT2D eigenvalue weighted by atomic mass is 9.99. The van der Waals surface area contributed by atoms with Crippen LogP contribution in [0.15, 0.2) is 36.4 Å². The summed E-state index contributed by atoms with van der Waals surface area (Å²) in [6.07, 6.45) is 0. The van der Waals surface area contributed by atoms with Crippen molar-refractivity contribution in [1.29, 1.82) is 0 Å². The summed E-state index contributed by atoms with van der Waals surface area (Å²) in [4.78, 5) is 0. The fourth-order valence-electron chi connectivity index (χ4n) is 2.14. The van der Waals surface area contributed by atoms with E-state index in [2.05, 4.69) is 0 Å². The van der Waals surface area contributed by atoms with Crippen LogP contribution in [-0.4, -0.2) is 21.3 Å². The second kappa shape index (κ2) is 6.45. The lowest BCUT2D eigenvalue weighted by Crippen LogP contribution is -2.12. The molecule has 112 valence electrons. The molecule has 0 amide bonds. The fourth-order valence-corrected chi connectivity index (χ4v) is 2.14. The first-order chi connectivity index (χ1) is 10.1. The van der Waals surface area contributed by atoms with Gasteiger partial charge in [0.1, 0.15) is 5.82 Å². The van der Waals surface area contributed by atoms with Crippen LogP contribution in [0.2, 0.25) is 0 Å². The van der Waals surface area contributed by atoms with E-state index in [0.717, 1.165) is 11.1 Å². The highest BCUT2D eigenvalue weighted by Crippen LogP contribution is 2.40. The zero-order valence-corrected chi connectivity index (χ0v) is 12.2. The minimum atomic E-state index is -0.417. The molecule has 21 heavy (non-hydrogen) atoms. The average molecular weight is 291 g/mol. The van der Waals surface area contributed by atoms with Gasteiger partial charge in [-0.3, -0.25) is 0 Å². The molecule has 0 radical (unpaired) electrons. The maximum Gasteiger partial charge on any atom is 0.203 e. The number of halogens is 1. The van der Waals surface area contributed by atoms with Gasteiger partial charge in [0.15, 0.2) is 11.5 Å². The number of hydrogen-bond donors (Lipinski definition) is 1. The molecule has 4 nitrogen and oxygen atoms in total. The van der Waals surface area contributed by atoms with Crippen LogP contribution in [0.1, 0.15) is 17.2 Å². The molecule has 0 aliphatic heterocycles. The Labute approximate surface area is 123 Å². The summed E-state index contributed by atoms with van der Waals surface area (Å²) >= 11 is 0. The Morgan fingerprint density at radius 3 is 1.81 bits per heavy atom. The van der Waals surface area contributed by atoms with Gasteiger partial charge >= 0.3 is 0 Å². The van der Waals surface area contributed by atoms with Crippen LogP contribution >= 0.6 is 0 Å². The van der Waals surface area contributed by atoms with Crippen LogP contribution < -0.4 is 19.9 Å². The van der Waals surface area contributed by atoms with Crippen molar-refractivity contribution in [1.82, 2.24) is 0 Å². The SMILES string of the molecule is COc1cc(C(N)c2ccc(F)cc2)cc(OC)c1OC. The van der Waals surface area contributed by atoms with Crippen molar-refractivity contribution in [3.8, 4) is 17.2 Å². The molecule has 2 aromatic carbocycles. The number of nitrogens with two attached hydrogens (primary N) is 1. The minimum absolute atomic E-state index is 0.296. The number of rotatable bonds is 5. The summed E-state index contributed by atoms with van der Waals surface area (Å²) < 4.78 is 28.9. The van der Waals surface area contributed by atoms with Crippen molar-refractivity contribution >= 4 is 0 Å². The lowest BCUT2D eigenvalue weighted by Gasteiger charge is -2.18. The smallest absolute Gasteiger partial charge is 0.203 e. The molecule has 5 heteroatoms. The van der Waals surface area contributed by atoms with Crippen molar-refractivity contribution in [2.45, 2.75) is 6.04 Å². The number of hydrogen-bond acceptors (Lipinski definition) is 4. The maximum atomic E-state index is 13.0. The third kappa shape index (κ3) is 3.08. The fraction of sp³-hybridized carbons (Fsp3) is 0.250. The van der Waals surface area contributed by atoms with Gasteiger partial charge < -0.3 is 19.9 Å². The van der Waals surface area contributed by atoms with Crippen molar-refractivity contribution in [3.63, 3.8) is 0 Å². The molecule has 0 fully saturated rings. The monoisotopic (exact) mass is 291 g/mol. The standard InChI is InChI=1S/C16H18FNO3/c1-19-13-8-11(9-14(20-2)16(13)21-3)15(18)10-4-6-12(17)7-5-10/h4-9,15H,18H2,1-3H3. The van der Waals surface area contributed by atoms with E-state index in [4.69, 9.17) is 19.9 Å². The molecule has 2 rings (SSSR count). The van der Waals surface area contributed by atoms with Crippen LogP contribution in [0.25, 0.3) is 0 Å². The molecule has 2 N–H and O–H groups in total. The molecule has 0 aliphatic rings. The van der Waals surface area contributed by atoms with Gasteiger partial charge in [-0.25, -0.2) is 4.39 Å². The first-order valence-electron chi connectivity index (χ1n) is 6.41. The van der Waals surface area contributed by atoms with E-state index < -0.39 is 6.04 Å². The van der Waals surface area contributed by atoms with Gasteiger partial charge in [-0.15, -0.1) is 0 Å². The Balaban J connectivity index is 2.45. The average Bonchev–Trinajstić information content (AvgIpc) is 2.53. The lowest BCUT2D eigenvalue weighted by molar-refractivity contribution is 0.323. The third-order valence-electron chi connectivity index (χ3n) is 3.28. The van der Waals surface area contributed by atoms with Gasteiger partial charge in [-0.1, -0.05) is 12.1 Å².